The van der Waals surface area contributed by atoms with Gasteiger partial charge in [0.05, 0.1) is 5.02 Å². The number of hydrogen-bond acceptors (Lipinski definition) is 3. The summed E-state index contributed by atoms with van der Waals surface area (Å²) in [6.45, 7) is -0.901. The summed E-state index contributed by atoms with van der Waals surface area (Å²) in [7, 11) is 1.60. The van der Waals surface area contributed by atoms with Crippen molar-refractivity contribution < 1.29 is 22.6 Å². The standard InChI is InChI=1S/C16H18ClF3N2O2/c1-22-15-13(20)11(23-8-12(18)19)7-10(17)14(15)21-16(22)24-9-5-3-2-4-6-9/h7,9,12H,2-6,8H2,1H3. The number of benzene rings is 1. The summed E-state index contributed by atoms with van der Waals surface area (Å²) in [5, 5.41) is 0.129. The van der Waals surface area contributed by atoms with Crippen LogP contribution in [0, 0.1) is 5.82 Å². The molecule has 1 saturated carbocycles. The Morgan fingerprint density at radius 3 is 2.71 bits per heavy atom. The predicted molar refractivity (Wildman–Crippen MR) is 84.7 cm³/mol. The molecule has 1 aliphatic rings. The molecular weight excluding hydrogens is 345 g/mol. The van der Waals surface area contributed by atoms with Gasteiger partial charge in [-0.25, -0.2) is 13.2 Å². The number of ether oxygens (including phenoxy) is 2. The van der Waals surface area contributed by atoms with Crippen LogP contribution in [0.1, 0.15) is 32.1 Å². The Bertz CT molecular complexity index is 730. The van der Waals surface area contributed by atoms with Crippen LogP contribution in [0.2, 0.25) is 5.02 Å². The van der Waals surface area contributed by atoms with Crippen molar-refractivity contribution in [3.63, 3.8) is 0 Å². The Kier molecular flexibility index (Phi) is 5.08. The van der Waals surface area contributed by atoms with Gasteiger partial charge < -0.3 is 9.47 Å². The van der Waals surface area contributed by atoms with Crippen LogP contribution in [-0.2, 0) is 7.05 Å². The highest BCUT2D eigenvalue weighted by molar-refractivity contribution is 6.35. The van der Waals surface area contributed by atoms with Crippen LogP contribution in [-0.4, -0.2) is 28.7 Å². The molecule has 1 aliphatic carbocycles. The largest absolute Gasteiger partial charge is 0.484 e. The second-order valence-corrected chi connectivity index (χ2v) is 6.31. The minimum absolute atomic E-state index is 0.0469. The SMILES string of the molecule is Cn1c(OC2CCCCC2)nc2c(Cl)cc(OCC(F)F)c(F)c21. The fourth-order valence-electron chi connectivity index (χ4n) is 2.95. The van der Waals surface area contributed by atoms with Gasteiger partial charge in [0.15, 0.2) is 11.6 Å². The van der Waals surface area contributed by atoms with Gasteiger partial charge in [0.25, 0.3) is 12.4 Å². The average molecular weight is 363 g/mol. The van der Waals surface area contributed by atoms with Crippen molar-refractivity contribution in [3.8, 4) is 11.8 Å². The Morgan fingerprint density at radius 1 is 1.33 bits per heavy atom. The number of alkyl halides is 2. The van der Waals surface area contributed by atoms with Crippen molar-refractivity contribution in [1.82, 2.24) is 9.55 Å². The maximum absolute atomic E-state index is 14.6. The number of hydrogen-bond donors (Lipinski definition) is 0. The number of rotatable bonds is 5. The fourth-order valence-corrected chi connectivity index (χ4v) is 3.19. The third kappa shape index (κ3) is 3.41. The van der Waals surface area contributed by atoms with Gasteiger partial charge in [-0.15, -0.1) is 0 Å². The smallest absolute Gasteiger partial charge is 0.297 e. The van der Waals surface area contributed by atoms with E-state index in [1.54, 1.807) is 7.05 Å². The summed E-state index contributed by atoms with van der Waals surface area (Å²) >= 11 is 6.11. The lowest BCUT2D eigenvalue weighted by Gasteiger charge is -2.22. The molecule has 0 unspecified atom stereocenters. The number of aryl methyl sites for hydroxylation is 1. The van der Waals surface area contributed by atoms with Crippen LogP contribution in [0.25, 0.3) is 11.0 Å². The normalized spacial score (nSPS) is 16.1. The number of imidazole rings is 1. The summed E-state index contributed by atoms with van der Waals surface area (Å²) in [6.07, 6.45) is 2.59. The van der Waals surface area contributed by atoms with Gasteiger partial charge in [-0.3, -0.25) is 4.57 Å². The molecule has 0 atom stereocenters. The van der Waals surface area contributed by atoms with Gasteiger partial charge in [0, 0.05) is 13.1 Å². The van der Waals surface area contributed by atoms with E-state index in [0.717, 1.165) is 25.7 Å². The molecule has 2 aromatic rings. The van der Waals surface area contributed by atoms with Crippen molar-refractivity contribution in [2.24, 2.45) is 7.05 Å². The van der Waals surface area contributed by atoms with Crippen molar-refractivity contribution >= 4 is 22.6 Å². The van der Waals surface area contributed by atoms with Crippen LogP contribution < -0.4 is 9.47 Å². The lowest BCUT2D eigenvalue weighted by Crippen LogP contribution is -2.21. The van der Waals surface area contributed by atoms with Gasteiger partial charge in [0.2, 0.25) is 0 Å². The minimum Gasteiger partial charge on any atom is -0.484 e. The lowest BCUT2D eigenvalue weighted by molar-refractivity contribution is 0.0800. The van der Waals surface area contributed by atoms with Gasteiger partial charge >= 0.3 is 0 Å². The first-order valence-electron chi connectivity index (χ1n) is 7.89. The number of nitrogens with zero attached hydrogens (tertiary/aromatic N) is 2. The second kappa shape index (κ2) is 7.09. The Morgan fingerprint density at radius 2 is 2.04 bits per heavy atom. The van der Waals surface area contributed by atoms with E-state index in [9.17, 15) is 13.2 Å². The maximum Gasteiger partial charge on any atom is 0.297 e. The molecule has 0 radical (unpaired) electrons. The molecule has 24 heavy (non-hydrogen) atoms. The molecule has 0 bridgehead atoms. The summed E-state index contributed by atoms with van der Waals surface area (Å²) in [4.78, 5) is 4.27. The van der Waals surface area contributed by atoms with E-state index >= 15 is 0 Å². The van der Waals surface area contributed by atoms with E-state index in [4.69, 9.17) is 21.1 Å². The zero-order valence-electron chi connectivity index (χ0n) is 13.2. The molecule has 132 valence electrons. The van der Waals surface area contributed by atoms with Gasteiger partial charge in [-0.2, -0.15) is 4.98 Å². The van der Waals surface area contributed by atoms with Crippen LogP contribution in [0.3, 0.4) is 0 Å². The summed E-state index contributed by atoms with van der Waals surface area (Å²) in [6, 6.07) is 1.43. The monoisotopic (exact) mass is 362 g/mol. The molecule has 0 amide bonds. The molecule has 4 nitrogen and oxygen atoms in total. The summed E-state index contributed by atoms with van der Waals surface area (Å²) < 4.78 is 51.3. The second-order valence-electron chi connectivity index (χ2n) is 5.90. The number of aromatic nitrogens is 2. The number of fused-ring (bicyclic) bond motifs is 1. The summed E-state index contributed by atoms with van der Waals surface area (Å²) in [5.74, 6) is -1.09. The topological polar surface area (TPSA) is 36.3 Å². The van der Waals surface area contributed by atoms with Crippen molar-refractivity contribution in [2.75, 3.05) is 6.61 Å². The molecule has 1 fully saturated rings. The highest BCUT2D eigenvalue weighted by Crippen LogP contribution is 2.35. The Labute approximate surface area is 142 Å². The molecular formula is C16H18ClF3N2O2. The lowest BCUT2D eigenvalue weighted by atomic mass is 9.98. The van der Waals surface area contributed by atoms with Crippen LogP contribution in [0.5, 0.6) is 11.8 Å². The van der Waals surface area contributed by atoms with E-state index in [2.05, 4.69) is 4.98 Å². The molecule has 1 aromatic heterocycles. The van der Waals surface area contributed by atoms with E-state index < -0.39 is 18.8 Å². The minimum atomic E-state index is -2.70. The first kappa shape index (κ1) is 17.2. The van der Waals surface area contributed by atoms with Crippen molar-refractivity contribution in [1.29, 1.82) is 0 Å². The van der Waals surface area contributed by atoms with E-state index in [1.165, 1.54) is 17.1 Å². The average Bonchev–Trinajstić information content (AvgIpc) is 2.88. The highest BCUT2D eigenvalue weighted by Gasteiger charge is 2.23. The fraction of sp³-hybridized carbons (Fsp3) is 0.562. The molecule has 0 aliphatic heterocycles. The molecule has 0 saturated heterocycles. The van der Waals surface area contributed by atoms with Crippen molar-refractivity contribution in [3.05, 3.63) is 16.9 Å². The molecule has 1 heterocycles. The van der Waals surface area contributed by atoms with E-state index in [-0.39, 0.29) is 33.9 Å². The van der Waals surface area contributed by atoms with E-state index in [0.29, 0.717) is 0 Å². The first-order valence-corrected chi connectivity index (χ1v) is 8.27. The third-order valence-electron chi connectivity index (χ3n) is 4.15. The third-order valence-corrected chi connectivity index (χ3v) is 4.44. The van der Waals surface area contributed by atoms with Crippen LogP contribution >= 0.6 is 11.6 Å². The van der Waals surface area contributed by atoms with Crippen LogP contribution in [0.15, 0.2) is 6.07 Å². The molecule has 0 N–H and O–H groups in total. The van der Waals surface area contributed by atoms with E-state index in [1.807, 2.05) is 0 Å². The molecule has 1 aromatic carbocycles. The Hall–Kier alpha value is -1.63. The van der Waals surface area contributed by atoms with Gasteiger partial charge in [-0.1, -0.05) is 18.0 Å². The molecule has 8 heteroatoms. The molecule has 0 spiro atoms. The maximum atomic E-state index is 14.6. The van der Waals surface area contributed by atoms with Crippen LogP contribution in [0.4, 0.5) is 13.2 Å². The number of halogens is 4. The predicted octanol–water partition coefficient (Wildman–Crippen LogP) is 4.72. The first-order chi connectivity index (χ1) is 11.5. The highest BCUT2D eigenvalue weighted by atomic mass is 35.5. The zero-order chi connectivity index (χ0) is 17.3. The van der Waals surface area contributed by atoms with Gasteiger partial charge in [-0.05, 0) is 25.7 Å². The summed E-state index contributed by atoms with van der Waals surface area (Å²) in [5.41, 5.74) is 0.310. The zero-order valence-corrected chi connectivity index (χ0v) is 14.0. The van der Waals surface area contributed by atoms with Gasteiger partial charge in [0.1, 0.15) is 23.7 Å². The quantitative estimate of drug-likeness (QED) is 0.772. The van der Waals surface area contributed by atoms with Crippen molar-refractivity contribution in [2.45, 2.75) is 44.6 Å². The Balaban J connectivity index is 1.94. The molecule has 3 rings (SSSR count).